The standard InChI is InChI=1S/C19H29N2O2/c1-3-19-20(2)17-11-7-8-12-18(17)21(19)13-15(22)14-23-16-9-5-4-6-10-16/h7-8,11-12,15-16,22H,3-6,9-10,13-14H2,1-2H3/q+1/t15-/m1/s1. The van der Waals surface area contributed by atoms with E-state index in [-0.39, 0.29) is 0 Å². The van der Waals surface area contributed by atoms with E-state index in [0.717, 1.165) is 19.3 Å². The van der Waals surface area contributed by atoms with Crippen molar-refractivity contribution in [3.8, 4) is 0 Å². The van der Waals surface area contributed by atoms with Crippen LogP contribution in [0.3, 0.4) is 0 Å². The molecule has 1 N–H and O–H groups in total. The predicted octanol–water partition coefficient (Wildman–Crippen LogP) is 2.74. The predicted molar refractivity (Wildman–Crippen MR) is 91.3 cm³/mol. The van der Waals surface area contributed by atoms with E-state index >= 15 is 0 Å². The first kappa shape index (κ1) is 16.5. The summed E-state index contributed by atoms with van der Waals surface area (Å²) in [6.45, 7) is 3.19. The van der Waals surface area contributed by atoms with Crippen LogP contribution < -0.4 is 4.57 Å². The van der Waals surface area contributed by atoms with Gasteiger partial charge in [-0.1, -0.05) is 38.3 Å². The van der Waals surface area contributed by atoms with Gasteiger partial charge in [0.15, 0.2) is 11.0 Å². The maximum Gasteiger partial charge on any atom is 0.256 e. The monoisotopic (exact) mass is 317 g/mol. The van der Waals surface area contributed by atoms with Crippen molar-refractivity contribution in [1.29, 1.82) is 0 Å². The van der Waals surface area contributed by atoms with Crippen molar-refractivity contribution in [2.45, 2.75) is 64.2 Å². The van der Waals surface area contributed by atoms with E-state index in [1.165, 1.54) is 36.1 Å². The Hall–Kier alpha value is -1.39. The van der Waals surface area contributed by atoms with E-state index in [9.17, 15) is 5.11 Å². The molecule has 1 aliphatic rings. The molecule has 0 bridgehead atoms. The minimum atomic E-state index is -0.460. The summed E-state index contributed by atoms with van der Waals surface area (Å²) in [5.41, 5.74) is 2.40. The SMILES string of the molecule is CCc1n(C[C@@H](O)COC2CCCCC2)c2ccccc2[n+]1C. The number of ether oxygens (including phenoxy) is 1. The van der Waals surface area contributed by atoms with Crippen LogP contribution in [-0.2, 0) is 24.8 Å². The highest BCUT2D eigenvalue weighted by molar-refractivity contribution is 5.72. The molecule has 0 saturated heterocycles. The highest BCUT2D eigenvalue weighted by Crippen LogP contribution is 2.21. The van der Waals surface area contributed by atoms with Crippen LogP contribution in [0.4, 0.5) is 0 Å². The molecule has 1 saturated carbocycles. The fourth-order valence-corrected chi connectivity index (χ4v) is 3.81. The third-order valence-corrected chi connectivity index (χ3v) is 5.02. The summed E-state index contributed by atoms with van der Waals surface area (Å²) in [5, 5.41) is 10.5. The molecule has 1 aliphatic carbocycles. The molecule has 2 aromatic rings. The maximum atomic E-state index is 10.5. The average molecular weight is 317 g/mol. The first-order valence-electron chi connectivity index (χ1n) is 8.96. The molecule has 4 heteroatoms. The van der Waals surface area contributed by atoms with E-state index in [1.54, 1.807) is 0 Å². The Kier molecular flexibility index (Phi) is 5.34. The van der Waals surface area contributed by atoms with Crippen LogP contribution in [0.1, 0.15) is 44.9 Å². The molecule has 0 spiro atoms. The zero-order valence-electron chi connectivity index (χ0n) is 14.4. The van der Waals surface area contributed by atoms with Gasteiger partial charge < -0.3 is 9.84 Å². The molecule has 4 nitrogen and oxygen atoms in total. The zero-order valence-corrected chi connectivity index (χ0v) is 14.4. The van der Waals surface area contributed by atoms with E-state index in [4.69, 9.17) is 4.74 Å². The zero-order chi connectivity index (χ0) is 16.2. The molecule has 1 aromatic carbocycles. The van der Waals surface area contributed by atoms with Crippen LogP contribution in [0.25, 0.3) is 11.0 Å². The Balaban J connectivity index is 1.70. The first-order valence-corrected chi connectivity index (χ1v) is 8.96. The van der Waals surface area contributed by atoms with Gasteiger partial charge in [0.05, 0.1) is 19.8 Å². The second-order valence-electron chi connectivity index (χ2n) is 6.68. The number of imidazole rings is 1. The van der Waals surface area contributed by atoms with Gasteiger partial charge in [-0.15, -0.1) is 0 Å². The lowest BCUT2D eigenvalue weighted by molar-refractivity contribution is -0.653. The third kappa shape index (κ3) is 3.59. The summed E-state index contributed by atoms with van der Waals surface area (Å²) >= 11 is 0. The van der Waals surface area contributed by atoms with Gasteiger partial charge in [-0.2, -0.15) is 0 Å². The fraction of sp³-hybridized carbons (Fsp3) is 0.632. The maximum absolute atomic E-state index is 10.5. The van der Waals surface area contributed by atoms with Gasteiger partial charge >= 0.3 is 0 Å². The largest absolute Gasteiger partial charge is 0.387 e. The Bertz CT molecular complexity index is 644. The summed E-state index contributed by atoms with van der Waals surface area (Å²) in [6, 6.07) is 8.39. The summed E-state index contributed by atoms with van der Waals surface area (Å²) in [4.78, 5) is 0. The van der Waals surface area contributed by atoms with Crippen molar-refractivity contribution in [1.82, 2.24) is 4.57 Å². The van der Waals surface area contributed by atoms with Crippen LogP contribution in [0.5, 0.6) is 0 Å². The Morgan fingerprint density at radius 1 is 1.26 bits per heavy atom. The molecule has 3 rings (SSSR count). The molecule has 1 aromatic heterocycles. The van der Waals surface area contributed by atoms with Gasteiger partial charge in [-0.25, -0.2) is 9.13 Å². The van der Waals surface area contributed by atoms with Crippen molar-refractivity contribution >= 4 is 11.0 Å². The molecule has 126 valence electrons. The van der Waals surface area contributed by atoms with Gasteiger partial charge in [-0.3, -0.25) is 0 Å². The molecule has 0 aliphatic heterocycles. The Morgan fingerprint density at radius 2 is 2.00 bits per heavy atom. The summed E-state index contributed by atoms with van der Waals surface area (Å²) in [7, 11) is 2.10. The second kappa shape index (κ2) is 7.45. The summed E-state index contributed by atoms with van der Waals surface area (Å²) in [5.74, 6) is 1.24. The van der Waals surface area contributed by atoms with E-state index < -0.39 is 6.10 Å². The summed E-state index contributed by atoms with van der Waals surface area (Å²) in [6.07, 6.45) is 6.98. The van der Waals surface area contributed by atoms with Crippen LogP contribution in [0.2, 0.25) is 0 Å². The number of nitrogens with zero attached hydrogens (tertiary/aromatic N) is 2. The van der Waals surface area contributed by atoms with E-state index in [0.29, 0.717) is 19.3 Å². The van der Waals surface area contributed by atoms with Gasteiger partial charge in [0.25, 0.3) is 5.82 Å². The third-order valence-electron chi connectivity index (χ3n) is 5.02. The van der Waals surface area contributed by atoms with Gasteiger partial charge in [0, 0.05) is 6.42 Å². The number of fused-ring (bicyclic) bond motifs is 1. The molecule has 1 fully saturated rings. The van der Waals surface area contributed by atoms with Crippen LogP contribution in [-0.4, -0.2) is 28.5 Å². The van der Waals surface area contributed by atoms with Crippen LogP contribution >= 0.6 is 0 Å². The Morgan fingerprint density at radius 3 is 2.74 bits per heavy atom. The topological polar surface area (TPSA) is 38.3 Å². The number of hydrogen-bond donors (Lipinski definition) is 1. The molecule has 0 amide bonds. The number of benzene rings is 1. The van der Waals surface area contributed by atoms with Crippen molar-refractivity contribution in [3.05, 3.63) is 30.1 Å². The summed E-state index contributed by atoms with van der Waals surface area (Å²) < 4.78 is 10.4. The molecule has 1 atom stereocenters. The minimum Gasteiger partial charge on any atom is -0.387 e. The number of aliphatic hydroxyl groups is 1. The molecular formula is C19H29N2O2+. The number of hydrogen-bond acceptors (Lipinski definition) is 2. The highest BCUT2D eigenvalue weighted by Gasteiger charge is 2.24. The van der Waals surface area contributed by atoms with Gasteiger partial charge in [0.1, 0.15) is 12.6 Å². The second-order valence-corrected chi connectivity index (χ2v) is 6.68. The van der Waals surface area contributed by atoms with E-state index in [1.807, 2.05) is 0 Å². The van der Waals surface area contributed by atoms with Crippen molar-refractivity contribution in [2.24, 2.45) is 7.05 Å². The Labute approximate surface area is 138 Å². The quantitative estimate of drug-likeness (QED) is 0.832. The molecular weight excluding hydrogens is 288 g/mol. The smallest absolute Gasteiger partial charge is 0.256 e. The van der Waals surface area contributed by atoms with E-state index in [2.05, 4.69) is 47.4 Å². The minimum absolute atomic E-state index is 0.349. The van der Waals surface area contributed by atoms with Crippen molar-refractivity contribution in [3.63, 3.8) is 0 Å². The first-order chi connectivity index (χ1) is 11.2. The molecule has 0 radical (unpaired) electrons. The van der Waals surface area contributed by atoms with Crippen LogP contribution in [0.15, 0.2) is 24.3 Å². The van der Waals surface area contributed by atoms with Crippen molar-refractivity contribution in [2.75, 3.05) is 6.61 Å². The van der Waals surface area contributed by atoms with Crippen LogP contribution in [0, 0.1) is 0 Å². The number of aliphatic hydroxyl groups excluding tert-OH is 1. The normalized spacial score (nSPS) is 17.7. The number of aryl methyl sites for hydroxylation is 1. The fourth-order valence-electron chi connectivity index (χ4n) is 3.81. The number of para-hydroxylation sites is 2. The highest BCUT2D eigenvalue weighted by atomic mass is 16.5. The van der Waals surface area contributed by atoms with Gasteiger partial charge in [0.2, 0.25) is 0 Å². The lowest BCUT2D eigenvalue weighted by Gasteiger charge is -2.23. The molecule has 1 heterocycles. The van der Waals surface area contributed by atoms with Crippen molar-refractivity contribution < 1.29 is 14.4 Å². The lowest BCUT2D eigenvalue weighted by atomic mass is 9.98. The molecule has 0 unspecified atom stereocenters. The van der Waals surface area contributed by atoms with Gasteiger partial charge in [-0.05, 0) is 25.0 Å². The number of rotatable bonds is 6. The lowest BCUT2D eigenvalue weighted by Crippen LogP contribution is -2.34. The molecule has 23 heavy (non-hydrogen) atoms. The average Bonchev–Trinajstić information content (AvgIpc) is 2.86. The number of aromatic nitrogens is 2.